The molecule has 1 atom stereocenters. The summed E-state index contributed by atoms with van der Waals surface area (Å²) in [7, 11) is -8.01. The third-order valence-corrected chi connectivity index (χ3v) is 8.67. The lowest BCUT2D eigenvalue weighted by Gasteiger charge is -2.23. The predicted molar refractivity (Wildman–Crippen MR) is 154 cm³/mol. The molecular weight excluding hydrogens is 542 g/mol. The van der Waals surface area contributed by atoms with Gasteiger partial charge in [0.05, 0.1) is 18.9 Å². The van der Waals surface area contributed by atoms with Crippen molar-refractivity contribution in [3.63, 3.8) is 0 Å². The van der Waals surface area contributed by atoms with Crippen molar-refractivity contribution >= 4 is 15.0 Å². The van der Waals surface area contributed by atoms with E-state index >= 15 is 0 Å². The zero-order chi connectivity index (χ0) is 28.9. The van der Waals surface area contributed by atoms with Crippen LogP contribution in [0.15, 0.2) is 51.2 Å². The standard InChI is InChI=1S/C26H38N4O7P2/c1-3-5-21-13-23(7-11-38(35,27-32)28-33)17-25(15-21)19-30(9-10-31)20-26-16-22(6-4-2)14-24(18-26)8-12-39(36,37)29-34/h13-18,31H,3-12,19-20H2,1-2H3,(H,36,37). The predicted octanol–water partition coefficient (Wildman–Crippen LogP) is 6.35. The lowest BCUT2D eigenvalue weighted by Crippen LogP contribution is -2.26. The van der Waals surface area contributed by atoms with Gasteiger partial charge in [0, 0.05) is 34.5 Å². The first-order valence-corrected chi connectivity index (χ1v) is 16.7. The summed E-state index contributed by atoms with van der Waals surface area (Å²) in [5, 5.41) is 9.76. The fourth-order valence-corrected chi connectivity index (χ4v) is 5.95. The van der Waals surface area contributed by atoms with E-state index in [1.165, 1.54) is 0 Å². The highest BCUT2D eigenvalue weighted by atomic mass is 31.2. The minimum absolute atomic E-state index is 0.0547. The molecule has 0 saturated carbocycles. The number of hydrogen-bond acceptors (Lipinski definition) is 7. The van der Waals surface area contributed by atoms with Crippen molar-refractivity contribution in [3.8, 4) is 0 Å². The van der Waals surface area contributed by atoms with Crippen LogP contribution < -0.4 is 0 Å². The van der Waals surface area contributed by atoms with Crippen LogP contribution in [-0.2, 0) is 47.9 Å². The van der Waals surface area contributed by atoms with Crippen LogP contribution in [0, 0.1) is 14.7 Å². The van der Waals surface area contributed by atoms with Crippen LogP contribution in [0.25, 0.3) is 0 Å². The number of aliphatic hydroxyl groups is 1. The van der Waals surface area contributed by atoms with Gasteiger partial charge in [0.1, 0.15) is 0 Å². The molecule has 13 heteroatoms. The Balaban J connectivity index is 2.30. The van der Waals surface area contributed by atoms with E-state index < -0.39 is 15.0 Å². The van der Waals surface area contributed by atoms with E-state index in [4.69, 9.17) is 0 Å². The molecular formula is C26H38N4O7P2. The van der Waals surface area contributed by atoms with E-state index in [9.17, 15) is 33.9 Å². The summed E-state index contributed by atoms with van der Waals surface area (Å²) in [6.07, 6.45) is 3.55. The minimum Gasteiger partial charge on any atom is -0.395 e. The van der Waals surface area contributed by atoms with Crippen LogP contribution in [0.1, 0.15) is 60.1 Å². The second-order valence-corrected chi connectivity index (χ2v) is 13.8. The number of hydrogen-bond donors (Lipinski definition) is 2. The average Bonchev–Trinajstić information content (AvgIpc) is 2.91. The third kappa shape index (κ3) is 11.3. The fraction of sp³-hybridized carbons (Fsp3) is 0.538. The molecule has 0 amide bonds. The molecule has 2 rings (SSSR count). The van der Waals surface area contributed by atoms with Gasteiger partial charge in [0.2, 0.25) is 0 Å². The monoisotopic (exact) mass is 580 g/mol. The SMILES string of the molecule is CCCc1cc(CCP(=O)(O)N=O)cc(CN(CCO)Cc2cc(CCC)cc(CCP(=O)(N=O)N=O)c2)c1. The summed E-state index contributed by atoms with van der Waals surface area (Å²) in [6.45, 7) is 5.50. The van der Waals surface area contributed by atoms with Gasteiger partial charge in [-0.25, -0.2) is 0 Å². The maximum Gasteiger partial charge on any atom is 0.374 e. The van der Waals surface area contributed by atoms with Crippen LogP contribution in [0.2, 0.25) is 0 Å². The number of aryl methyl sites for hydroxylation is 4. The van der Waals surface area contributed by atoms with Crippen molar-refractivity contribution in [1.82, 2.24) is 4.90 Å². The highest BCUT2D eigenvalue weighted by molar-refractivity contribution is 7.60. The summed E-state index contributed by atoms with van der Waals surface area (Å²) in [5.74, 6) is 0. The topological polar surface area (TPSA) is 166 Å². The normalized spacial score (nSPS) is 13.3. The van der Waals surface area contributed by atoms with Gasteiger partial charge in [-0.2, -0.15) is 0 Å². The molecule has 2 N–H and O–H groups in total. The van der Waals surface area contributed by atoms with Crippen molar-refractivity contribution in [2.45, 2.75) is 65.5 Å². The molecule has 0 aromatic heterocycles. The minimum atomic E-state index is -4.04. The molecule has 2 aromatic rings. The van der Waals surface area contributed by atoms with E-state index in [1.807, 2.05) is 24.3 Å². The van der Waals surface area contributed by atoms with E-state index in [1.54, 1.807) is 0 Å². The van der Waals surface area contributed by atoms with Gasteiger partial charge in [-0.05, 0) is 59.1 Å². The largest absolute Gasteiger partial charge is 0.395 e. The maximum absolute atomic E-state index is 12.1. The second kappa shape index (κ2) is 16.0. The summed E-state index contributed by atoms with van der Waals surface area (Å²) in [4.78, 5) is 51.2. The summed E-state index contributed by atoms with van der Waals surface area (Å²) in [5.41, 5.74) is 5.80. The molecule has 0 bridgehead atoms. The first-order chi connectivity index (χ1) is 18.6. The quantitative estimate of drug-likeness (QED) is 0.143. The van der Waals surface area contributed by atoms with Crippen LogP contribution in [-0.4, -0.2) is 40.4 Å². The first-order valence-electron chi connectivity index (χ1n) is 13.1. The number of nitroso groups, excluding NO2 is 3. The number of nitrogens with zero attached hydrogens (tertiary/aromatic N) is 4. The Bertz CT molecular complexity index is 1210. The second-order valence-electron chi connectivity index (χ2n) is 9.77. The van der Waals surface area contributed by atoms with Gasteiger partial charge in [-0.15, -0.1) is 14.7 Å². The van der Waals surface area contributed by atoms with E-state index in [0.29, 0.717) is 19.6 Å². The summed E-state index contributed by atoms with van der Waals surface area (Å²) < 4.78 is 23.8. The van der Waals surface area contributed by atoms with Crippen LogP contribution in [0.5, 0.6) is 0 Å². The number of rotatable bonds is 19. The van der Waals surface area contributed by atoms with Gasteiger partial charge >= 0.3 is 15.0 Å². The smallest absolute Gasteiger partial charge is 0.374 e. The molecule has 0 aliphatic heterocycles. The van der Waals surface area contributed by atoms with Crippen molar-refractivity contribution in [3.05, 3.63) is 84.5 Å². The fourth-order valence-electron chi connectivity index (χ4n) is 4.57. The number of benzene rings is 2. The molecule has 0 fully saturated rings. The zero-order valence-corrected chi connectivity index (χ0v) is 24.4. The molecule has 0 spiro atoms. The Hall–Kier alpha value is -2.42. The van der Waals surface area contributed by atoms with Crippen molar-refractivity contribution in [2.75, 3.05) is 25.5 Å². The van der Waals surface area contributed by atoms with Crippen LogP contribution in [0.3, 0.4) is 0 Å². The number of aliphatic hydroxyl groups excluding tert-OH is 1. The molecule has 2 aromatic carbocycles. The lowest BCUT2D eigenvalue weighted by atomic mass is 9.99. The Morgan fingerprint density at radius 2 is 1.08 bits per heavy atom. The van der Waals surface area contributed by atoms with E-state index in [-0.39, 0.29) is 31.8 Å². The molecule has 1 unspecified atom stereocenters. The van der Waals surface area contributed by atoms with Crippen LogP contribution in [0.4, 0.5) is 0 Å². The summed E-state index contributed by atoms with van der Waals surface area (Å²) >= 11 is 0. The van der Waals surface area contributed by atoms with Crippen molar-refractivity contribution in [2.24, 2.45) is 14.8 Å². The lowest BCUT2D eigenvalue weighted by molar-refractivity contribution is 0.184. The Morgan fingerprint density at radius 3 is 1.46 bits per heavy atom. The highest BCUT2D eigenvalue weighted by Crippen LogP contribution is 2.48. The molecule has 0 radical (unpaired) electrons. The van der Waals surface area contributed by atoms with E-state index in [0.717, 1.165) is 59.1 Å². The van der Waals surface area contributed by atoms with Gasteiger partial charge in [-0.3, -0.25) is 14.0 Å². The Morgan fingerprint density at radius 1 is 0.667 bits per heavy atom. The van der Waals surface area contributed by atoms with E-state index in [2.05, 4.69) is 45.7 Å². The average molecular weight is 581 g/mol. The molecule has 11 nitrogen and oxygen atoms in total. The van der Waals surface area contributed by atoms with Crippen molar-refractivity contribution < 1.29 is 19.1 Å². The van der Waals surface area contributed by atoms with Crippen LogP contribution >= 0.6 is 15.0 Å². The molecule has 214 valence electrons. The zero-order valence-electron chi connectivity index (χ0n) is 22.6. The van der Waals surface area contributed by atoms with Gasteiger partial charge < -0.3 is 10.00 Å². The Kier molecular flexibility index (Phi) is 13.4. The molecule has 0 aliphatic rings. The summed E-state index contributed by atoms with van der Waals surface area (Å²) in [6, 6.07) is 12.0. The molecule has 0 aliphatic carbocycles. The third-order valence-electron chi connectivity index (χ3n) is 6.30. The first kappa shape index (κ1) is 32.8. The van der Waals surface area contributed by atoms with Gasteiger partial charge in [0.25, 0.3) is 0 Å². The molecule has 39 heavy (non-hydrogen) atoms. The van der Waals surface area contributed by atoms with Gasteiger partial charge in [0.15, 0.2) is 0 Å². The van der Waals surface area contributed by atoms with Crippen molar-refractivity contribution in [1.29, 1.82) is 0 Å². The Labute approximate surface area is 229 Å². The maximum atomic E-state index is 12.1. The highest BCUT2D eigenvalue weighted by Gasteiger charge is 2.24. The molecule has 0 saturated heterocycles. The van der Waals surface area contributed by atoms with Gasteiger partial charge in [-0.1, -0.05) is 63.1 Å². The molecule has 0 heterocycles.